The van der Waals surface area contributed by atoms with Crippen molar-refractivity contribution in [3.8, 4) is 11.8 Å². The van der Waals surface area contributed by atoms with E-state index in [1.165, 1.54) is 18.4 Å². The van der Waals surface area contributed by atoms with Gasteiger partial charge in [0.1, 0.15) is 5.75 Å². The molecule has 2 atom stereocenters. The lowest BCUT2D eigenvalue weighted by molar-refractivity contribution is -0.0796. The summed E-state index contributed by atoms with van der Waals surface area (Å²) in [5.74, 6) is 1.98. The maximum Gasteiger partial charge on any atom is 0.199 e. The number of hydrogen-bond donors (Lipinski definition) is 0. The molecule has 2 unspecified atom stereocenters. The Hall–Kier alpha value is -1.53. The summed E-state index contributed by atoms with van der Waals surface area (Å²) in [7, 11) is 0. The Kier molecular flexibility index (Phi) is 9.00. The summed E-state index contributed by atoms with van der Waals surface area (Å²) >= 11 is 0. The van der Waals surface area contributed by atoms with Crippen LogP contribution in [0.2, 0.25) is 0 Å². The second-order valence-corrected chi connectivity index (χ2v) is 7.88. The number of rotatable bonds is 11. The molecule has 0 fully saturated rings. The summed E-state index contributed by atoms with van der Waals surface area (Å²) in [6.45, 7) is 14.0. The topological polar surface area (TPSA) is 42.2 Å². The van der Waals surface area contributed by atoms with Gasteiger partial charge in [-0.15, -0.1) is 0 Å². The van der Waals surface area contributed by atoms with Crippen molar-refractivity contribution in [2.45, 2.75) is 79.4 Å². The number of nitriles is 1. The lowest BCUT2D eigenvalue weighted by atomic mass is 9.74. The monoisotopic (exact) mass is 345 g/mol. The molecule has 0 amide bonds. The second-order valence-electron chi connectivity index (χ2n) is 7.88. The van der Waals surface area contributed by atoms with E-state index in [0.717, 1.165) is 12.2 Å². The van der Waals surface area contributed by atoms with E-state index in [-0.39, 0.29) is 6.29 Å². The van der Waals surface area contributed by atoms with E-state index in [0.29, 0.717) is 30.3 Å². The van der Waals surface area contributed by atoms with E-state index in [1.807, 2.05) is 19.1 Å². The molecule has 0 spiro atoms. The van der Waals surface area contributed by atoms with Gasteiger partial charge in [0, 0.05) is 6.42 Å². The van der Waals surface area contributed by atoms with Gasteiger partial charge < -0.3 is 9.47 Å². The average molecular weight is 346 g/mol. The molecule has 3 heteroatoms. The third-order valence-electron chi connectivity index (χ3n) is 4.96. The fourth-order valence-electron chi connectivity index (χ4n) is 2.89. The van der Waals surface area contributed by atoms with E-state index in [1.54, 1.807) is 0 Å². The Morgan fingerprint density at radius 1 is 1.12 bits per heavy atom. The van der Waals surface area contributed by atoms with Crippen molar-refractivity contribution in [1.82, 2.24) is 0 Å². The largest absolute Gasteiger partial charge is 0.465 e. The van der Waals surface area contributed by atoms with Gasteiger partial charge in [-0.3, -0.25) is 0 Å². The summed E-state index contributed by atoms with van der Waals surface area (Å²) in [5, 5.41) is 8.60. The lowest BCUT2D eigenvalue weighted by Crippen LogP contribution is -2.20. The van der Waals surface area contributed by atoms with Crippen molar-refractivity contribution < 1.29 is 9.47 Å². The first-order valence-corrected chi connectivity index (χ1v) is 9.58. The minimum atomic E-state index is -0.292. The first-order valence-electron chi connectivity index (χ1n) is 9.58. The van der Waals surface area contributed by atoms with Crippen LogP contribution in [0.3, 0.4) is 0 Å². The van der Waals surface area contributed by atoms with Crippen LogP contribution in [0.15, 0.2) is 24.3 Å². The van der Waals surface area contributed by atoms with Crippen LogP contribution in [0.1, 0.15) is 78.7 Å². The molecule has 0 radical (unpaired) electrons. The smallest absolute Gasteiger partial charge is 0.199 e. The maximum atomic E-state index is 8.60. The van der Waals surface area contributed by atoms with E-state index < -0.39 is 0 Å². The average Bonchev–Trinajstić information content (AvgIpc) is 2.59. The summed E-state index contributed by atoms with van der Waals surface area (Å²) in [6, 6.07) is 10.5. The number of ether oxygens (including phenoxy) is 2. The van der Waals surface area contributed by atoms with Crippen LogP contribution < -0.4 is 4.74 Å². The van der Waals surface area contributed by atoms with Crippen molar-refractivity contribution in [3.05, 3.63) is 29.8 Å². The minimum absolute atomic E-state index is 0.292. The van der Waals surface area contributed by atoms with Crippen LogP contribution in [0.5, 0.6) is 5.75 Å². The predicted octanol–water partition coefficient (Wildman–Crippen LogP) is 6.30. The van der Waals surface area contributed by atoms with Crippen LogP contribution in [0.25, 0.3) is 0 Å². The molecule has 0 aliphatic carbocycles. The first kappa shape index (κ1) is 21.5. The molecule has 140 valence electrons. The number of benzene rings is 1. The van der Waals surface area contributed by atoms with Crippen molar-refractivity contribution in [2.24, 2.45) is 11.3 Å². The minimum Gasteiger partial charge on any atom is -0.465 e. The number of hydrogen-bond acceptors (Lipinski definition) is 3. The molecule has 0 heterocycles. The van der Waals surface area contributed by atoms with Crippen LogP contribution in [0.4, 0.5) is 0 Å². The molecule has 1 rings (SSSR count). The Labute approximate surface area is 154 Å². The van der Waals surface area contributed by atoms with Crippen LogP contribution in [-0.4, -0.2) is 12.9 Å². The molecule has 0 saturated heterocycles. The van der Waals surface area contributed by atoms with Crippen molar-refractivity contribution in [2.75, 3.05) is 6.61 Å². The van der Waals surface area contributed by atoms with Crippen molar-refractivity contribution in [3.63, 3.8) is 0 Å². The molecule has 0 aromatic heterocycles. The third-order valence-corrected chi connectivity index (χ3v) is 4.96. The van der Waals surface area contributed by atoms with E-state index in [9.17, 15) is 0 Å². The van der Waals surface area contributed by atoms with E-state index in [2.05, 4.69) is 52.8 Å². The van der Waals surface area contributed by atoms with Gasteiger partial charge >= 0.3 is 0 Å². The highest BCUT2D eigenvalue weighted by atomic mass is 16.7. The molecule has 3 nitrogen and oxygen atoms in total. The molecular formula is C22H35NO2. The molecule has 25 heavy (non-hydrogen) atoms. The zero-order chi connectivity index (χ0) is 18.9. The second kappa shape index (κ2) is 10.5. The van der Waals surface area contributed by atoms with Crippen LogP contribution >= 0.6 is 0 Å². The zero-order valence-electron chi connectivity index (χ0n) is 16.8. The molecule has 0 saturated carbocycles. The molecule has 1 aromatic rings. The molecule has 0 N–H and O–H groups in total. The van der Waals surface area contributed by atoms with Gasteiger partial charge in [-0.05, 0) is 41.4 Å². The third kappa shape index (κ3) is 7.48. The van der Waals surface area contributed by atoms with Crippen molar-refractivity contribution in [1.29, 1.82) is 5.26 Å². The fraction of sp³-hybridized carbons (Fsp3) is 0.682. The van der Waals surface area contributed by atoms with E-state index >= 15 is 0 Å². The lowest BCUT2D eigenvalue weighted by Gasteiger charge is -2.31. The summed E-state index contributed by atoms with van der Waals surface area (Å²) < 4.78 is 11.5. The standard InChI is InChI=1S/C22H35NO2/c1-7-21(24-15-9-14-23)25-19-12-10-18(11-13-19)20(17(3)4)16-22(5,6)8-2/h10-13,17,20-21H,7-9,15-16H2,1-6H3. The Balaban J connectivity index is 2.77. The summed E-state index contributed by atoms with van der Waals surface area (Å²) in [5.41, 5.74) is 1.73. The maximum absolute atomic E-state index is 8.60. The van der Waals surface area contributed by atoms with Gasteiger partial charge in [-0.2, -0.15) is 5.26 Å². The normalized spacial score (nSPS) is 14.2. The molecule has 0 aliphatic heterocycles. The quantitative estimate of drug-likeness (QED) is 0.349. The van der Waals surface area contributed by atoms with Gasteiger partial charge in [0.15, 0.2) is 6.29 Å². The number of nitrogens with zero attached hydrogens (tertiary/aromatic N) is 1. The highest BCUT2D eigenvalue weighted by Crippen LogP contribution is 2.38. The van der Waals surface area contributed by atoms with Crippen LogP contribution in [-0.2, 0) is 4.74 Å². The molecule has 0 aliphatic rings. The van der Waals surface area contributed by atoms with Crippen LogP contribution in [0, 0.1) is 22.7 Å². The molecular weight excluding hydrogens is 310 g/mol. The summed E-state index contributed by atoms with van der Waals surface area (Å²) in [4.78, 5) is 0. The predicted molar refractivity (Wildman–Crippen MR) is 104 cm³/mol. The highest BCUT2D eigenvalue weighted by Gasteiger charge is 2.25. The van der Waals surface area contributed by atoms with Gasteiger partial charge in [-0.25, -0.2) is 0 Å². The Morgan fingerprint density at radius 3 is 2.24 bits per heavy atom. The van der Waals surface area contributed by atoms with Gasteiger partial charge in [-0.1, -0.05) is 60.1 Å². The van der Waals surface area contributed by atoms with E-state index in [4.69, 9.17) is 14.7 Å². The summed E-state index contributed by atoms with van der Waals surface area (Å²) in [6.07, 6.45) is 3.24. The Morgan fingerprint density at radius 2 is 1.76 bits per heavy atom. The van der Waals surface area contributed by atoms with Gasteiger partial charge in [0.05, 0.1) is 19.1 Å². The van der Waals surface area contributed by atoms with Gasteiger partial charge in [0.25, 0.3) is 0 Å². The molecule has 1 aromatic carbocycles. The highest BCUT2D eigenvalue weighted by molar-refractivity contribution is 5.30. The molecule has 0 bridgehead atoms. The fourth-order valence-corrected chi connectivity index (χ4v) is 2.89. The first-order chi connectivity index (χ1) is 11.8. The van der Waals surface area contributed by atoms with Crippen molar-refractivity contribution >= 4 is 0 Å². The Bertz CT molecular complexity index is 528. The SMILES string of the molecule is CCC(OCCC#N)Oc1ccc(C(CC(C)(C)CC)C(C)C)cc1. The van der Waals surface area contributed by atoms with Gasteiger partial charge in [0.2, 0.25) is 0 Å². The zero-order valence-corrected chi connectivity index (χ0v) is 16.8.